The molecule has 0 saturated heterocycles. The lowest BCUT2D eigenvalue weighted by Crippen LogP contribution is -2.26. The summed E-state index contributed by atoms with van der Waals surface area (Å²) < 4.78 is 3.20. The molecule has 0 aliphatic carbocycles. The van der Waals surface area contributed by atoms with Gasteiger partial charge in [0.05, 0.1) is 11.9 Å². The fourth-order valence-electron chi connectivity index (χ4n) is 3.50. The van der Waals surface area contributed by atoms with Crippen molar-refractivity contribution in [3.63, 3.8) is 0 Å². The molecule has 1 amide bonds. The average Bonchev–Trinajstić information content (AvgIpc) is 3.15. The van der Waals surface area contributed by atoms with Gasteiger partial charge in [0.25, 0.3) is 5.56 Å². The Hall–Kier alpha value is -3.74. The third-order valence-electron chi connectivity index (χ3n) is 5.51. The molecule has 7 heteroatoms. The lowest BCUT2D eigenvalue weighted by atomic mass is 10.1. The highest BCUT2D eigenvalue weighted by Crippen LogP contribution is 2.16. The second-order valence-corrected chi connectivity index (χ2v) is 7.84. The minimum absolute atomic E-state index is 0.148. The molecule has 31 heavy (non-hydrogen) atoms. The van der Waals surface area contributed by atoms with Crippen molar-refractivity contribution in [3.05, 3.63) is 81.5 Å². The summed E-state index contributed by atoms with van der Waals surface area (Å²) >= 11 is 0. The van der Waals surface area contributed by atoms with Gasteiger partial charge in [-0.1, -0.05) is 23.8 Å². The maximum absolute atomic E-state index is 13.0. The molecule has 1 N–H and O–H groups in total. The number of fused-ring (bicyclic) bond motifs is 1. The van der Waals surface area contributed by atoms with Crippen molar-refractivity contribution >= 4 is 22.6 Å². The van der Waals surface area contributed by atoms with Crippen LogP contribution in [0.2, 0.25) is 0 Å². The van der Waals surface area contributed by atoms with Gasteiger partial charge in [0.15, 0.2) is 5.65 Å². The molecule has 0 aliphatic heterocycles. The monoisotopic (exact) mass is 415 g/mol. The first-order valence-electron chi connectivity index (χ1n) is 10.2. The zero-order chi connectivity index (χ0) is 22.1. The molecule has 0 unspecified atom stereocenters. The Balaban J connectivity index is 1.55. The number of carbonyl (C=O) groups is 1. The van der Waals surface area contributed by atoms with Gasteiger partial charge in [0, 0.05) is 18.7 Å². The minimum Gasteiger partial charge on any atom is -0.326 e. The van der Waals surface area contributed by atoms with E-state index in [1.807, 2.05) is 63.2 Å². The van der Waals surface area contributed by atoms with Gasteiger partial charge in [-0.3, -0.25) is 14.2 Å². The van der Waals surface area contributed by atoms with E-state index in [0.29, 0.717) is 16.9 Å². The molecule has 0 saturated carbocycles. The van der Waals surface area contributed by atoms with E-state index < -0.39 is 0 Å². The highest BCUT2D eigenvalue weighted by Gasteiger charge is 2.15. The summed E-state index contributed by atoms with van der Waals surface area (Å²) in [5.41, 5.74) is 5.35. The van der Waals surface area contributed by atoms with E-state index in [-0.39, 0.29) is 24.4 Å². The van der Waals surface area contributed by atoms with Gasteiger partial charge in [0.1, 0.15) is 11.2 Å². The van der Waals surface area contributed by atoms with Crippen LogP contribution in [0.4, 0.5) is 5.69 Å². The Kier molecular flexibility index (Phi) is 5.42. The normalized spacial score (nSPS) is 11.1. The standard InChI is InChI=1S/C24H25N5O2/c1-15-5-9-20(10-6-15)29-23-21(14-25-29)24(31)28(18(4)26-23)12-11-22(30)27-19-8-7-16(2)17(3)13-19/h5-10,13-14H,11-12H2,1-4H3,(H,27,30). The van der Waals surface area contributed by atoms with E-state index in [1.165, 1.54) is 16.3 Å². The molecule has 0 bridgehead atoms. The number of aryl methyl sites for hydroxylation is 4. The van der Waals surface area contributed by atoms with Crippen molar-refractivity contribution in [2.24, 2.45) is 0 Å². The number of hydrogen-bond acceptors (Lipinski definition) is 4. The Labute approximate surface area is 180 Å². The quantitative estimate of drug-likeness (QED) is 0.537. The Morgan fingerprint density at radius 1 is 1.00 bits per heavy atom. The molecule has 0 fully saturated rings. The summed E-state index contributed by atoms with van der Waals surface area (Å²) in [6, 6.07) is 13.7. The van der Waals surface area contributed by atoms with E-state index in [1.54, 1.807) is 11.6 Å². The van der Waals surface area contributed by atoms with Crippen LogP contribution in [-0.4, -0.2) is 25.2 Å². The van der Waals surface area contributed by atoms with Crippen LogP contribution in [0.1, 0.15) is 28.9 Å². The van der Waals surface area contributed by atoms with Crippen molar-refractivity contribution in [3.8, 4) is 5.69 Å². The SMILES string of the molecule is Cc1ccc(-n2ncc3c(=O)n(CCC(=O)Nc4ccc(C)c(C)c4)c(C)nc32)cc1. The molecule has 2 aromatic carbocycles. The van der Waals surface area contributed by atoms with Crippen LogP contribution >= 0.6 is 0 Å². The van der Waals surface area contributed by atoms with Gasteiger partial charge in [0.2, 0.25) is 5.91 Å². The molecule has 0 spiro atoms. The van der Waals surface area contributed by atoms with Crippen LogP contribution in [0.15, 0.2) is 53.5 Å². The number of nitrogens with zero attached hydrogens (tertiary/aromatic N) is 4. The molecular formula is C24H25N5O2. The van der Waals surface area contributed by atoms with Crippen molar-refractivity contribution in [2.75, 3.05) is 5.32 Å². The summed E-state index contributed by atoms with van der Waals surface area (Å²) in [5, 5.41) is 7.69. The van der Waals surface area contributed by atoms with Crippen LogP contribution in [-0.2, 0) is 11.3 Å². The second kappa shape index (κ2) is 8.18. The fraction of sp³-hybridized carbons (Fsp3) is 0.250. The van der Waals surface area contributed by atoms with Crippen LogP contribution in [0.25, 0.3) is 16.7 Å². The summed E-state index contributed by atoms with van der Waals surface area (Å²) in [5.74, 6) is 0.398. The molecule has 4 aromatic rings. The predicted octanol–water partition coefficient (Wildman–Crippen LogP) is 3.84. The van der Waals surface area contributed by atoms with E-state index >= 15 is 0 Å². The van der Waals surface area contributed by atoms with E-state index in [9.17, 15) is 9.59 Å². The summed E-state index contributed by atoms with van der Waals surface area (Å²) in [4.78, 5) is 30.1. The smallest absolute Gasteiger partial charge is 0.264 e. The molecule has 7 nitrogen and oxygen atoms in total. The van der Waals surface area contributed by atoms with Gasteiger partial charge < -0.3 is 5.32 Å². The second-order valence-electron chi connectivity index (χ2n) is 7.84. The summed E-state index contributed by atoms with van der Waals surface area (Å²) in [6.45, 7) is 8.07. The zero-order valence-electron chi connectivity index (χ0n) is 18.1. The van der Waals surface area contributed by atoms with Crippen molar-refractivity contribution in [1.82, 2.24) is 19.3 Å². The van der Waals surface area contributed by atoms with Crippen LogP contribution in [0, 0.1) is 27.7 Å². The van der Waals surface area contributed by atoms with Gasteiger partial charge in [-0.15, -0.1) is 0 Å². The number of aromatic nitrogens is 4. The first-order chi connectivity index (χ1) is 14.8. The number of nitrogens with one attached hydrogen (secondary N) is 1. The third-order valence-corrected chi connectivity index (χ3v) is 5.51. The number of benzene rings is 2. The zero-order valence-corrected chi connectivity index (χ0v) is 18.1. The van der Waals surface area contributed by atoms with Crippen molar-refractivity contribution < 1.29 is 4.79 Å². The first kappa shape index (κ1) is 20.5. The number of carbonyl (C=O) groups excluding carboxylic acids is 1. The fourth-order valence-corrected chi connectivity index (χ4v) is 3.50. The lowest BCUT2D eigenvalue weighted by Gasteiger charge is -2.11. The van der Waals surface area contributed by atoms with E-state index in [0.717, 1.165) is 22.5 Å². The maximum atomic E-state index is 13.0. The number of anilines is 1. The number of hydrogen-bond donors (Lipinski definition) is 1. The summed E-state index contributed by atoms with van der Waals surface area (Å²) in [7, 11) is 0. The molecule has 0 aliphatic rings. The Morgan fingerprint density at radius 3 is 2.45 bits per heavy atom. The van der Waals surface area contributed by atoms with Gasteiger partial charge in [-0.2, -0.15) is 5.10 Å². The summed E-state index contributed by atoms with van der Waals surface area (Å²) in [6.07, 6.45) is 1.71. The molecule has 158 valence electrons. The van der Waals surface area contributed by atoms with Crippen molar-refractivity contribution in [1.29, 1.82) is 0 Å². The molecule has 4 rings (SSSR count). The van der Waals surface area contributed by atoms with Gasteiger partial charge in [-0.25, -0.2) is 9.67 Å². The van der Waals surface area contributed by atoms with Crippen LogP contribution < -0.4 is 10.9 Å². The average molecular weight is 415 g/mol. The molecular weight excluding hydrogens is 390 g/mol. The highest BCUT2D eigenvalue weighted by atomic mass is 16.2. The highest BCUT2D eigenvalue weighted by molar-refractivity contribution is 5.90. The van der Waals surface area contributed by atoms with Gasteiger partial charge in [-0.05, 0) is 63.1 Å². The molecule has 2 aromatic heterocycles. The van der Waals surface area contributed by atoms with Crippen LogP contribution in [0.5, 0.6) is 0 Å². The largest absolute Gasteiger partial charge is 0.326 e. The van der Waals surface area contributed by atoms with Crippen LogP contribution in [0.3, 0.4) is 0 Å². The Morgan fingerprint density at radius 2 is 1.74 bits per heavy atom. The Bertz CT molecular complexity index is 1330. The van der Waals surface area contributed by atoms with E-state index in [4.69, 9.17) is 0 Å². The third kappa shape index (κ3) is 4.12. The molecule has 0 atom stereocenters. The lowest BCUT2D eigenvalue weighted by molar-refractivity contribution is -0.116. The maximum Gasteiger partial charge on any atom is 0.264 e. The first-order valence-corrected chi connectivity index (χ1v) is 10.2. The van der Waals surface area contributed by atoms with Crippen molar-refractivity contribution in [2.45, 2.75) is 40.7 Å². The number of rotatable bonds is 5. The molecule has 2 heterocycles. The van der Waals surface area contributed by atoms with E-state index in [2.05, 4.69) is 15.4 Å². The minimum atomic E-state index is -0.195. The number of amides is 1. The van der Waals surface area contributed by atoms with Gasteiger partial charge >= 0.3 is 0 Å². The molecule has 0 radical (unpaired) electrons. The topological polar surface area (TPSA) is 81.8 Å². The predicted molar refractivity (Wildman–Crippen MR) is 122 cm³/mol.